The number of nitrogens with zero attached hydrogens (tertiary/aromatic N) is 3. The molecule has 4 nitrogen and oxygen atoms in total. The summed E-state index contributed by atoms with van der Waals surface area (Å²) in [5.74, 6) is 6.98. The predicted molar refractivity (Wildman–Crippen MR) is 98.3 cm³/mol. The van der Waals surface area contributed by atoms with E-state index in [1.807, 2.05) is 0 Å². The Morgan fingerprint density at radius 2 is 2.04 bits per heavy atom. The monoisotopic (exact) mass is 347 g/mol. The number of hydrogen-bond acceptors (Lipinski definition) is 3. The van der Waals surface area contributed by atoms with Crippen molar-refractivity contribution < 1.29 is 4.39 Å². The van der Waals surface area contributed by atoms with Crippen molar-refractivity contribution in [1.82, 2.24) is 14.5 Å². The highest BCUT2D eigenvalue weighted by Gasteiger charge is 2.17. The molecule has 1 unspecified atom stereocenters. The molecular weight excluding hydrogens is 329 g/mol. The molecule has 0 saturated carbocycles. The van der Waals surface area contributed by atoms with E-state index < -0.39 is 0 Å². The molecule has 1 atom stereocenters. The van der Waals surface area contributed by atoms with Crippen LogP contribution in [-0.4, -0.2) is 14.5 Å². The van der Waals surface area contributed by atoms with Crippen LogP contribution in [0.25, 0.3) is 11.0 Å². The highest BCUT2D eigenvalue weighted by atomic mass is 19.1. The summed E-state index contributed by atoms with van der Waals surface area (Å²) in [7, 11) is 0. The summed E-state index contributed by atoms with van der Waals surface area (Å²) in [4.78, 5) is 21.7. The molecule has 0 aliphatic carbocycles. The molecule has 1 aliphatic rings. The van der Waals surface area contributed by atoms with Gasteiger partial charge in [0.05, 0.1) is 5.52 Å². The third-order valence-corrected chi connectivity index (χ3v) is 4.76. The molecule has 1 aliphatic heterocycles. The number of hydrogen-bond donors (Lipinski definition) is 0. The van der Waals surface area contributed by atoms with Crippen LogP contribution in [0.4, 0.5) is 4.39 Å². The second-order valence-electron chi connectivity index (χ2n) is 6.77. The first kappa shape index (κ1) is 16.5. The zero-order chi connectivity index (χ0) is 18.1. The lowest BCUT2D eigenvalue weighted by molar-refractivity contribution is 0.483. The van der Waals surface area contributed by atoms with Crippen molar-refractivity contribution >= 4 is 11.0 Å². The van der Waals surface area contributed by atoms with Crippen molar-refractivity contribution in [2.75, 3.05) is 0 Å². The van der Waals surface area contributed by atoms with E-state index in [1.165, 1.54) is 12.1 Å². The summed E-state index contributed by atoms with van der Waals surface area (Å²) >= 11 is 0. The summed E-state index contributed by atoms with van der Waals surface area (Å²) in [6.45, 7) is 2.90. The van der Waals surface area contributed by atoms with E-state index in [9.17, 15) is 9.18 Å². The Morgan fingerprint density at radius 3 is 2.88 bits per heavy atom. The Kier molecular flexibility index (Phi) is 4.26. The summed E-state index contributed by atoms with van der Waals surface area (Å²) in [5, 5.41) is 0. The lowest BCUT2D eigenvalue weighted by Crippen LogP contribution is -2.25. The van der Waals surface area contributed by atoms with Crippen LogP contribution >= 0.6 is 0 Å². The first-order valence-corrected chi connectivity index (χ1v) is 8.77. The van der Waals surface area contributed by atoms with Gasteiger partial charge in [-0.3, -0.25) is 9.36 Å². The maximum Gasteiger partial charge on any atom is 0.280 e. The maximum atomic E-state index is 13.2. The number of rotatable bonds is 0. The Bertz CT molecular complexity index is 1110. The van der Waals surface area contributed by atoms with Crippen molar-refractivity contribution in [3.63, 3.8) is 0 Å². The third kappa shape index (κ3) is 3.23. The molecule has 0 saturated heterocycles. The molecule has 5 heteroatoms. The van der Waals surface area contributed by atoms with Gasteiger partial charge >= 0.3 is 0 Å². The Balaban J connectivity index is 1.75. The Labute approximate surface area is 150 Å². The molecule has 3 aromatic rings. The number of aryl methyl sites for hydroxylation is 1. The Hall–Kier alpha value is -3.00. The van der Waals surface area contributed by atoms with Gasteiger partial charge in [0.15, 0.2) is 5.52 Å². The summed E-state index contributed by atoms with van der Waals surface area (Å²) in [6.07, 6.45) is 4.39. The molecule has 26 heavy (non-hydrogen) atoms. The molecule has 4 rings (SSSR count). The smallest absolute Gasteiger partial charge is 0.280 e. The molecule has 0 radical (unpaired) electrons. The first-order valence-electron chi connectivity index (χ1n) is 8.77. The number of halogens is 1. The van der Waals surface area contributed by atoms with Crippen molar-refractivity contribution in [2.45, 2.75) is 32.7 Å². The van der Waals surface area contributed by atoms with E-state index in [0.29, 0.717) is 34.6 Å². The van der Waals surface area contributed by atoms with Gasteiger partial charge in [-0.05, 0) is 43.0 Å². The SMILES string of the molecule is CC1CCc2nc3cc(C#Cc4cccc(F)c4)cnc3c(=O)n2CC1. The van der Waals surface area contributed by atoms with E-state index in [1.54, 1.807) is 29.0 Å². The van der Waals surface area contributed by atoms with Gasteiger partial charge in [-0.1, -0.05) is 24.8 Å². The standard InChI is InChI=1S/C21H18FN3O/c1-14-5-8-19-24-18-12-16(7-6-15-3-2-4-17(22)11-15)13-23-20(18)21(26)25(19)10-9-14/h2-4,11-14H,5,8-10H2,1H3. The van der Waals surface area contributed by atoms with Gasteiger partial charge in [-0.25, -0.2) is 14.4 Å². The van der Waals surface area contributed by atoms with E-state index in [2.05, 4.69) is 28.7 Å². The number of fused-ring (bicyclic) bond motifs is 2. The van der Waals surface area contributed by atoms with Crippen LogP contribution in [0.1, 0.15) is 36.7 Å². The minimum Gasteiger partial charge on any atom is -0.295 e. The molecule has 0 amide bonds. The molecule has 1 aromatic carbocycles. The molecule has 2 aromatic heterocycles. The number of aromatic nitrogens is 3. The second-order valence-corrected chi connectivity index (χ2v) is 6.77. The molecule has 0 N–H and O–H groups in total. The molecule has 0 spiro atoms. The van der Waals surface area contributed by atoms with E-state index in [4.69, 9.17) is 0 Å². The van der Waals surface area contributed by atoms with Crippen LogP contribution in [0, 0.1) is 23.6 Å². The van der Waals surface area contributed by atoms with Crippen molar-refractivity contribution in [1.29, 1.82) is 0 Å². The van der Waals surface area contributed by atoms with Gasteiger partial charge < -0.3 is 0 Å². The highest BCUT2D eigenvalue weighted by molar-refractivity contribution is 5.74. The summed E-state index contributed by atoms with van der Waals surface area (Å²) in [6, 6.07) is 7.91. The fourth-order valence-electron chi connectivity index (χ4n) is 3.22. The van der Waals surface area contributed by atoms with Crippen LogP contribution in [-0.2, 0) is 13.0 Å². The van der Waals surface area contributed by atoms with E-state index in [0.717, 1.165) is 25.1 Å². The van der Waals surface area contributed by atoms with Crippen LogP contribution < -0.4 is 5.56 Å². The van der Waals surface area contributed by atoms with Gasteiger partial charge in [0, 0.05) is 30.3 Å². The largest absolute Gasteiger partial charge is 0.295 e. The van der Waals surface area contributed by atoms with Gasteiger partial charge in [0.2, 0.25) is 0 Å². The quantitative estimate of drug-likeness (QED) is 0.586. The van der Waals surface area contributed by atoms with E-state index in [-0.39, 0.29) is 11.4 Å². The summed E-state index contributed by atoms with van der Waals surface area (Å²) < 4.78 is 15.0. The maximum absolute atomic E-state index is 13.2. The van der Waals surface area contributed by atoms with Crippen LogP contribution in [0.3, 0.4) is 0 Å². The normalized spacial score (nSPS) is 16.5. The molecule has 0 fully saturated rings. The van der Waals surface area contributed by atoms with Crippen LogP contribution in [0.15, 0.2) is 41.3 Å². The lowest BCUT2D eigenvalue weighted by Gasteiger charge is -2.09. The van der Waals surface area contributed by atoms with Crippen molar-refractivity contribution in [3.8, 4) is 11.8 Å². The highest BCUT2D eigenvalue weighted by Crippen LogP contribution is 2.18. The van der Waals surface area contributed by atoms with Gasteiger partial charge in [0.1, 0.15) is 11.6 Å². The molecule has 3 heterocycles. The average molecular weight is 347 g/mol. The second kappa shape index (κ2) is 6.72. The minimum absolute atomic E-state index is 0.0799. The topological polar surface area (TPSA) is 47.8 Å². The van der Waals surface area contributed by atoms with Gasteiger partial charge in [0.25, 0.3) is 5.56 Å². The zero-order valence-corrected chi connectivity index (χ0v) is 14.5. The average Bonchev–Trinajstić information content (AvgIpc) is 2.82. The fourth-order valence-corrected chi connectivity index (χ4v) is 3.22. The zero-order valence-electron chi connectivity index (χ0n) is 14.5. The fraction of sp³-hybridized carbons (Fsp3) is 0.286. The third-order valence-electron chi connectivity index (χ3n) is 4.76. The summed E-state index contributed by atoms with van der Waals surface area (Å²) in [5.41, 5.74) is 2.11. The van der Waals surface area contributed by atoms with Crippen molar-refractivity contribution in [3.05, 3.63) is 69.7 Å². The van der Waals surface area contributed by atoms with E-state index >= 15 is 0 Å². The number of benzene rings is 1. The molecule has 130 valence electrons. The van der Waals surface area contributed by atoms with Crippen LogP contribution in [0.2, 0.25) is 0 Å². The van der Waals surface area contributed by atoms with Crippen molar-refractivity contribution in [2.24, 2.45) is 5.92 Å². The Morgan fingerprint density at radius 1 is 1.19 bits per heavy atom. The van der Waals surface area contributed by atoms with Gasteiger partial charge in [-0.2, -0.15) is 0 Å². The molecular formula is C21H18FN3O. The first-order chi connectivity index (χ1) is 12.6. The predicted octanol–water partition coefficient (Wildman–Crippen LogP) is 3.30. The van der Waals surface area contributed by atoms with Crippen LogP contribution in [0.5, 0.6) is 0 Å². The van der Waals surface area contributed by atoms with Gasteiger partial charge in [-0.15, -0.1) is 0 Å². The molecule has 0 bridgehead atoms. The lowest BCUT2D eigenvalue weighted by atomic mass is 10.0. The minimum atomic E-state index is -0.319. The number of pyridine rings is 1.